The van der Waals surface area contributed by atoms with Crippen molar-refractivity contribution in [1.29, 1.82) is 0 Å². The molecule has 0 radical (unpaired) electrons. The van der Waals surface area contributed by atoms with Crippen molar-refractivity contribution in [3.63, 3.8) is 0 Å². The molecule has 0 aliphatic carbocycles. The van der Waals surface area contributed by atoms with Crippen molar-refractivity contribution in [1.82, 2.24) is 20.2 Å². The van der Waals surface area contributed by atoms with Gasteiger partial charge in [-0.3, -0.25) is 0 Å². The number of rotatable bonds is 3. The number of nitrogens with one attached hydrogen (secondary N) is 2. The van der Waals surface area contributed by atoms with Crippen LogP contribution in [0.15, 0.2) is 54.6 Å². The molecule has 2 heterocycles. The van der Waals surface area contributed by atoms with Crippen molar-refractivity contribution >= 4 is 17.1 Å². The molecule has 2 N–H and O–H groups in total. The average molecular weight is 348 g/mol. The number of imidazole rings is 1. The van der Waals surface area contributed by atoms with Crippen LogP contribution in [0.5, 0.6) is 0 Å². The van der Waals surface area contributed by atoms with Crippen molar-refractivity contribution in [2.75, 3.05) is 13.1 Å². The first-order valence-electron chi connectivity index (χ1n) is 9.26. The maximum atomic E-state index is 12.7. The second kappa shape index (κ2) is 7.20. The Kier molecular flexibility index (Phi) is 4.61. The van der Waals surface area contributed by atoms with E-state index in [2.05, 4.69) is 10.3 Å². The van der Waals surface area contributed by atoms with E-state index >= 15 is 0 Å². The van der Waals surface area contributed by atoms with Crippen LogP contribution in [0, 0.1) is 0 Å². The summed E-state index contributed by atoms with van der Waals surface area (Å²) < 4.78 is 0. The van der Waals surface area contributed by atoms with E-state index in [4.69, 9.17) is 4.98 Å². The third-order valence-electron chi connectivity index (χ3n) is 5.14. The van der Waals surface area contributed by atoms with E-state index in [-0.39, 0.29) is 18.0 Å². The van der Waals surface area contributed by atoms with Gasteiger partial charge in [-0.2, -0.15) is 0 Å². The minimum atomic E-state index is -0.00437. The number of hydrogen-bond acceptors (Lipinski definition) is 2. The minimum absolute atomic E-state index is 0.00200. The number of urea groups is 1. The molecular weight excluding hydrogens is 324 g/mol. The van der Waals surface area contributed by atoms with Gasteiger partial charge >= 0.3 is 6.03 Å². The number of carbonyl (C=O) groups excluding carboxylic acids is 1. The average Bonchev–Trinajstić information content (AvgIpc) is 3.13. The Morgan fingerprint density at radius 3 is 2.77 bits per heavy atom. The van der Waals surface area contributed by atoms with Crippen LogP contribution in [0.2, 0.25) is 0 Å². The highest BCUT2D eigenvalue weighted by Gasteiger charge is 2.27. The van der Waals surface area contributed by atoms with Crippen LogP contribution in [0.1, 0.15) is 43.1 Å². The van der Waals surface area contributed by atoms with Gasteiger partial charge in [0, 0.05) is 19.0 Å². The fourth-order valence-electron chi connectivity index (χ4n) is 3.65. The fourth-order valence-corrected chi connectivity index (χ4v) is 3.65. The van der Waals surface area contributed by atoms with E-state index in [1.165, 1.54) is 0 Å². The number of carbonyl (C=O) groups is 1. The third-order valence-corrected chi connectivity index (χ3v) is 5.14. The molecule has 2 amide bonds. The monoisotopic (exact) mass is 348 g/mol. The molecular formula is C21H24N4O. The standard InChI is InChI=1S/C21H24N4O/c1-15(16-8-3-2-4-9-16)22-21(26)25-13-7-10-17(14-25)20-23-18-11-5-6-12-19(18)24-20/h2-6,8-9,11-12,15,17H,7,10,13-14H2,1H3,(H,22,26)(H,23,24)/t15-,17+/m0/s1. The van der Waals surface area contributed by atoms with Crippen molar-refractivity contribution in [2.45, 2.75) is 31.7 Å². The number of nitrogens with zero attached hydrogens (tertiary/aromatic N) is 2. The smallest absolute Gasteiger partial charge is 0.317 e. The Labute approximate surface area is 153 Å². The lowest BCUT2D eigenvalue weighted by molar-refractivity contribution is 0.175. The van der Waals surface area contributed by atoms with E-state index in [1.807, 2.05) is 66.4 Å². The zero-order chi connectivity index (χ0) is 17.9. The molecule has 2 aromatic carbocycles. The lowest BCUT2D eigenvalue weighted by atomic mass is 9.97. The third kappa shape index (κ3) is 3.43. The predicted octanol–water partition coefficient (Wildman–Crippen LogP) is 4.21. The Morgan fingerprint density at radius 2 is 1.96 bits per heavy atom. The molecule has 1 saturated heterocycles. The maximum Gasteiger partial charge on any atom is 0.317 e. The highest BCUT2D eigenvalue weighted by atomic mass is 16.2. The molecule has 2 atom stereocenters. The summed E-state index contributed by atoms with van der Waals surface area (Å²) >= 11 is 0. The lowest BCUT2D eigenvalue weighted by Crippen LogP contribution is -2.45. The van der Waals surface area contributed by atoms with Crippen LogP contribution >= 0.6 is 0 Å². The predicted molar refractivity (Wildman–Crippen MR) is 103 cm³/mol. The second-order valence-corrected chi connectivity index (χ2v) is 7.01. The van der Waals surface area contributed by atoms with Gasteiger partial charge in [-0.1, -0.05) is 42.5 Å². The summed E-state index contributed by atoms with van der Waals surface area (Å²) in [5, 5.41) is 3.12. The Bertz CT molecular complexity index is 856. The van der Waals surface area contributed by atoms with Crippen molar-refractivity contribution < 1.29 is 4.79 Å². The zero-order valence-corrected chi connectivity index (χ0v) is 15.0. The molecule has 1 fully saturated rings. The van der Waals surface area contributed by atoms with E-state index < -0.39 is 0 Å². The number of aromatic nitrogens is 2. The van der Waals surface area contributed by atoms with Gasteiger partial charge in [0.2, 0.25) is 0 Å². The molecule has 5 heteroatoms. The van der Waals surface area contributed by atoms with E-state index in [1.54, 1.807) is 0 Å². The summed E-state index contributed by atoms with van der Waals surface area (Å²) in [4.78, 5) is 22.8. The molecule has 1 aromatic heterocycles. The summed E-state index contributed by atoms with van der Waals surface area (Å²) in [5.74, 6) is 1.24. The Hall–Kier alpha value is -2.82. The van der Waals surface area contributed by atoms with E-state index in [0.29, 0.717) is 6.54 Å². The van der Waals surface area contributed by atoms with Gasteiger partial charge in [-0.15, -0.1) is 0 Å². The van der Waals surface area contributed by atoms with Gasteiger partial charge in [-0.05, 0) is 37.5 Å². The summed E-state index contributed by atoms with van der Waals surface area (Å²) in [6.45, 7) is 3.52. The number of hydrogen-bond donors (Lipinski definition) is 2. The summed E-state index contributed by atoms with van der Waals surface area (Å²) in [7, 11) is 0. The largest absolute Gasteiger partial charge is 0.342 e. The first-order chi connectivity index (χ1) is 12.7. The SMILES string of the molecule is C[C@H](NC(=O)N1CCC[C@@H](c2nc3ccccc3[nH]2)C1)c1ccccc1. The summed E-state index contributed by atoms with van der Waals surface area (Å²) in [6.07, 6.45) is 2.05. The first-order valence-corrected chi connectivity index (χ1v) is 9.26. The number of H-pyrrole nitrogens is 1. The minimum Gasteiger partial charge on any atom is -0.342 e. The number of amides is 2. The van der Waals surface area contributed by atoms with Gasteiger partial charge in [0.1, 0.15) is 5.82 Å². The topological polar surface area (TPSA) is 61.0 Å². The number of benzene rings is 2. The van der Waals surface area contributed by atoms with Crippen LogP contribution in [0.3, 0.4) is 0 Å². The van der Waals surface area contributed by atoms with E-state index in [0.717, 1.165) is 41.8 Å². The molecule has 0 bridgehead atoms. The zero-order valence-electron chi connectivity index (χ0n) is 15.0. The van der Waals surface area contributed by atoms with Gasteiger partial charge in [0.25, 0.3) is 0 Å². The lowest BCUT2D eigenvalue weighted by Gasteiger charge is -2.32. The van der Waals surface area contributed by atoms with E-state index in [9.17, 15) is 4.79 Å². The van der Waals surface area contributed by atoms with Gasteiger partial charge in [0.15, 0.2) is 0 Å². The van der Waals surface area contributed by atoms with Gasteiger partial charge in [-0.25, -0.2) is 9.78 Å². The molecule has 4 rings (SSSR count). The van der Waals surface area contributed by atoms with Crippen LogP contribution in [-0.2, 0) is 0 Å². The molecule has 5 nitrogen and oxygen atoms in total. The van der Waals surface area contributed by atoms with Crippen LogP contribution < -0.4 is 5.32 Å². The molecule has 0 saturated carbocycles. The van der Waals surface area contributed by atoms with Gasteiger partial charge < -0.3 is 15.2 Å². The van der Waals surface area contributed by atoms with Crippen LogP contribution in [0.25, 0.3) is 11.0 Å². The molecule has 134 valence electrons. The van der Waals surface area contributed by atoms with Crippen molar-refractivity contribution in [3.8, 4) is 0 Å². The number of aromatic amines is 1. The fraction of sp³-hybridized carbons (Fsp3) is 0.333. The molecule has 3 aromatic rings. The molecule has 0 spiro atoms. The summed E-state index contributed by atoms with van der Waals surface area (Å²) in [6, 6.07) is 18.1. The second-order valence-electron chi connectivity index (χ2n) is 7.01. The maximum absolute atomic E-state index is 12.7. The van der Waals surface area contributed by atoms with Crippen LogP contribution in [0.4, 0.5) is 4.79 Å². The molecule has 0 unspecified atom stereocenters. The number of likely N-dealkylation sites (tertiary alicyclic amines) is 1. The Balaban J connectivity index is 1.43. The normalized spacial score (nSPS) is 18.7. The number of para-hydroxylation sites is 2. The van der Waals surface area contributed by atoms with Gasteiger partial charge in [0.05, 0.1) is 17.1 Å². The van der Waals surface area contributed by atoms with Crippen LogP contribution in [-0.4, -0.2) is 34.0 Å². The molecule has 26 heavy (non-hydrogen) atoms. The highest BCUT2D eigenvalue weighted by molar-refractivity contribution is 5.76. The number of piperidine rings is 1. The molecule has 1 aliphatic rings. The van der Waals surface area contributed by atoms with Crippen molar-refractivity contribution in [3.05, 3.63) is 66.0 Å². The first kappa shape index (κ1) is 16.6. The quantitative estimate of drug-likeness (QED) is 0.745. The van der Waals surface area contributed by atoms with Crippen molar-refractivity contribution in [2.24, 2.45) is 0 Å². The Morgan fingerprint density at radius 1 is 1.19 bits per heavy atom. The number of fused-ring (bicyclic) bond motifs is 1. The molecule has 1 aliphatic heterocycles. The highest BCUT2D eigenvalue weighted by Crippen LogP contribution is 2.27. The summed E-state index contributed by atoms with van der Waals surface area (Å²) in [5.41, 5.74) is 3.16.